The van der Waals surface area contributed by atoms with Gasteiger partial charge in [-0.2, -0.15) is 0 Å². The van der Waals surface area contributed by atoms with Crippen LogP contribution in [0.1, 0.15) is 0 Å². The SMILES string of the molecule is c1ccc(N(c2ccccc2)c2ccc(-c3ccc4c(c3)c3cccnc3n4-c3ccccn3)cc2)cc1. The highest BCUT2D eigenvalue weighted by molar-refractivity contribution is 6.09. The Morgan fingerprint density at radius 3 is 1.79 bits per heavy atom. The van der Waals surface area contributed by atoms with Gasteiger partial charge in [0.05, 0.1) is 5.52 Å². The van der Waals surface area contributed by atoms with E-state index in [1.54, 1.807) is 0 Å². The lowest BCUT2D eigenvalue weighted by Gasteiger charge is -2.25. The predicted molar refractivity (Wildman–Crippen MR) is 156 cm³/mol. The van der Waals surface area contributed by atoms with E-state index in [2.05, 4.69) is 112 Å². The highest BCUT2D eigenvalue weighted by Crippen LogP contribution is 2.37. The molecule has 0 bridgehead atoms. The lowest BCUT2D eigenvalue weighted by molar-refractivity contribution is 1.06. The van der Waals surface area contributed by atoms with E-state index in [0.717, 1.165) is 44.8 Å². The van der Waals surface area contributed by atoms with Gasteiger partial charge in [0.2, 0.25) is 0 Å². The highest BCUT2D eigenvalue weighted by Gasteiger charge is 2.15. The molecule has 0 aliphatic heterocycles. The minimum absolute atomic E-state index is 0.866. The van der Waals surface area contributed by atoms with E-state index in [9.17, 15) is 0 Å². The number of benzene rings is 4. The highest BCUT2D eigenvalue weighted by atomic mass is 15.1. The van der Waals surface area contributed by atoms with Crippen molar-refractivity contribution in [3.8, 4) is 16.9 Å². The standard InChI is InChI=1S/C34H24N4/c1-3-10-27(11-4-1)37(28-12-5-2-6-13-28)29-19-16-25(17-20-29)26-18-21-32-31(24-26)30-14-9-23-36-34(30)38(32)33-15-7-8-22-35-33/h1-24H. The molecule has 4 aromatic carbocycles. The molecular weight excluding hydrogens is 464 g/mol. The lowest BCUT2D eigenvalue weighted by Crippen LogP contribution is -2.09. The zero-order valence-corrected chi connectivity index (χ0v) is 20.6. The predicted octanol–water partition coefficient (Wildman–Crippen LogP) is 8.71. The first-order chi connectivity index (χ1) is 18.9. The first-order valence-corrected chi connectivity index (χ1v) is 12.7. The van der Waals surface area contributed by atoms with E-state index in [0.29, 0.717) is 0 Å². The Kier molecular flexibility index (Phi) is 5.41. The van der Waals surface area contributed by atoms with E-state index >= 15 is 0 Å². The molecule has 7 rings (SSSR count). The second-order valence-electron chi connectivity index (χ2n) is 9.18. The second kappa shape index (κ2) is 9.34. The number of para-hydroxylation sites is 2. The smallest absolute Gasteiger partial charge is 0.146 e. The Morgan fingerprint density at radius 1 is 0.474 bits per heavy atom. The molecule has 0 saturated heterocycles. The number of hydrogen-bond acceptors (Lipinski definition) is 3. The first kappa shape index (κ1) is 22.0. The summed E-state index contributed by atoms with van der Waals surface area (Å²) in [4.78, 5) is 11.6. The van der Waals surface area contributed by atoms with Gasteiger partial charge in [0.1, 0.15) is 11.5 Å². The third kappa shape index (κ3) is 3.80. The average molecular weight is 489 g/mol. The van der Waals surface area contributed by atoms with Crippen molar-refractivity contribution < 1.29 is 0 Å². The molecule has 0 saturated carbocycles. The number of fused-ring (bicyclic) bond motifs is 3. The topological polar surface area (TPSA) is 34.0 Å². The van der Waals surface area contributed by atoms with Gasteiger partial charge in [0.25, 0.3) is 0 Å². The van der Waals surface area contributed by atoms with Gasteiger partial charge in [-0.1, -0.05) is 60.7 Å². The fraction of sp³-hybridized carbons (Fsp3) is 0. The van der Waals surface area contributed by atoms with Crippen LogP contribution in [-0.2, 0) is 0 Å². The largest absolute Gasteiger partial charge is 0.311 e. The molecule has 0 aliphatic rings. The summed E-state index contributed by atoms with van der Waals surface area (Å²) < 4.78 is 2.13. The van der Waals surface area contributed by atoms with Gasteiger partial charge in [-0.3, -0.25) is 4.57 Å². The molecular formula is C34H24N4. The molecule has 0 aliphatic carbocycles. The van der Waals surface area contributed by atoms with E-state index in [-0.39, 0.29) is 0 Å². The van der Waals surface area contributed by atoms with Crippen LogP contribution in [-0.4, -0.2) is 14.5 Å². The van der Waals surface area contributed by atoms with Crippen LogP contribution in [0, 0.1) is 0 Å². The van der Waals surface area contributed by atoms with Crippen LogP contribution in [0.15, 0.2) is 146 Å². The average Bonchev–Trinajstić information content (AvgIpc) is 3.33. The molecule has 0 unspecified atom stereocenters. The number of hydrogen-bond donors (Lipinski definition) is 0. The maximum absolute atomic E-state index is 4.70. The van der Waals surface area contributed by atoms with Gasteiger partial charge in [-0.05, 0) is 83.9 Å². The maximum Gasteiger partial charge on any atom is 0.146 e. The van der Waals surface area contributed by atoms with Crippen molar-refractivity contribution >= 4 is 39.0 Å². The van der Waals surface area contributed by atoms with Crippen LogP contribution in [0.5, 0.6) is 0 Å². The van der Waals surface area contributed by atoms with Gasteiger partial charge in [-0.15, -0.1) is 0 Å². The summed E-state index contributed by atoms with van der Waals surface area (Å²) >= 11 is 0. The first-order valence-electron chi connectivity index (χ1n) is 12.7. The molecule has 0 radical (unpaired) electrons. The van der Waals surface area contributed by atoms with Crippen LogP contribution in [0.25, 0.3) is 38.9 Å². The molecule has 3 heterocycles. The lowest BCUT2D eigenvalue weighted by atomic mass is 10.0. The third-order valence-corrected chi connectivity index (χ3v) is 6.89. The summed E-state index contributed by atoms with van der Waals surface area (Å²) in [7, 11) is 0. The fourth-order valence-corrected chi connectivity index (χ4v) is 5.15. The minimum Gasteiger partial charge on any atom is -0.311 e. The summed E-state index contributed by atoms with van der Waals surface area (Å²) in [6.45, 7) is 0. The van der Waals surface area contributed by atoms with E-state index in [1.165, 1.54) is 11.1 Å². The molecule has 0 atom stereocenters. The molecule has 7 aromatic rings. The van der Waals surface area contributed by atoms with Gasteiger partial charge in [0.15, 0.2) is 0 Å². The fourth-order valence-electron chi connectivity index (χ4n) is 5.15. The number of nitrogens with zero attached hydrogens (tertiary/aromatic N) is 4. The quantitative estimate of drug-likeness (QED) is 0.243. The van der Waals surface area contributed by atoms with Crippen molar-refractivity contribution in [2.75, 3.05) is 4.90 Å². The van der Waals surface area contributed by atoms with Crippen molar-refractivity contribution in [2.45, 2.75) is 0 Å². The van der Waals surface area contributed by atoms with E-state index in [1.807, 2.05) is 48.8 Å². The Bertz CT molecular complexity index is 1800. The monoisotopic (exact) mass is 488 g/mol. The minimum atomic E-state index is 0.866. The zero-order valence-electron chi connectivity index (χ0n) is 20.6. The van der Waals surface area contributed by atoms with E-state index in [4.69, 9.17) is 4.98 Å². The molecule has 0 amide bonds. The molecule has 4 heteroatoms. The summed E-state index contributed by atoms with van der Waals surface area (Å²) in [5.74, 6) is 0.866. The Morgan fingerprint density at radius 2 is 1.11 bits per heavy atom. The molecule has 3 aromatic heterocycles. The molecule has 0 spiro atoms. The van der Waals surface area contributed by atoms with Gasteiger partial charge < -0.3 is 4.90 Å². The number of pyridine rings is 2. The van der Waals surface area contributed by atoms with Crippen molar-refractivity contribution in [3.05, 3.63) is 146 Å². The summed E-state index contributed by atoms with van der Waals surface area (Å²) in [5, 5.41) is 2.28. The van der Waals surface area contributed by atoms with E-state index < -0.39 is 0 Å². The van der Waals surface area contributed by atoms with Crippen molar-refractivity contribution in [1.82, 2.24) is 14.5 Å². The van der Waals surface area contributed by atoms with Gasteiger partial charge >= 0.3 is 0 Å². The normalized spacial score (nSPS) is 11.2. The van der Waals surface area contributed by atoms with Crippen molar-refractivity contribution in [2.24, 2.45) is 0 Å². The van der Waals surface area contributed by atoms with Crippen LogP contribution in [0.3, 0.4) is 0 Å². The third-order valence-electron chi connectivity index (χ3n) is 6.89. The maximum atomic E-state index is 4.70. The Hall–Kier alpha value is -5.22. The Balaban J connectivity index is 1.32. The number of rotatable bonds is 5. The van der Waals surface area contributed by atoms with Crippen LogP contribution >= 0.6 is 0 Å². The Labute approximate surface area is 221 Å². The van der Waals surface area contributed by atoms with Crippen LogP contribution < -0.4 is 4.90 Å². The van der Waals surface area contributed by atoms with Crippen LogP contribution in [0.4, 0.5) is 17.1 Å². The molecule has 4 nitrogen and oxygen atoms in total. The molecule has 38 heavy (non-hydrogen) atoms. The second-order valence-corrected chi connectivity index (χ2v) is 9.18. The number of aromatic nitrogens is 3. The molecule has 180 valence electrons. The molecule has 0 N–H and O–H groups in total. The summed E-state index contributed by atoms with van der Waals surface area (Å²) in [6.07, 6.45) is 3.66. The summed E-state index contributed by atoms with van der Waals surface area (Å²) in [6, 6.07) is 46.4. The van der Waals surface area contributed by atoms with Crippen molar-refractivity contribution in [3.63, 3.8) is 0 Å². The zero-order chi connectivity index (χ0) is 25.3. The van der Waals surface area contributed by atoms with Gasteiger partial charge in [-0.25, -0.2) is 9.97 Å². The summed E-state index contributed by atoms with van der Waals surface area (Å²) in [5.41, 5.74) is 7.71. The van der Waals surface area contributed by atoms with Crippen LogP contribution in [0.2, 0.25) is 0 Å². The number of anilines is 3. The van der Waals surface area contributed by atoms with Crippen molar-refractivity contribution in [1.29, 1.82) is 0 Å². The molecule has 0 fully saturated rings. The van der Waals surface area contributed by atoms with Gasteiger partial charge in [0, 0.05) is 40.2 Å².